The lowest BCUT2D eigenvalue weighted by atomic mass is 10.2. The van der Waals surface area contributed by atoms with E-state index in [0.717, 1.165) is 12.6 Å². The van der Waals surface area contributed by atoms with Crippen molar-refractivity contribution in [3.63, 3.8) is 0 Å². The quantitative estimate of drug-likeness (QED) is 0.463. The monoisotopic (exact) mass is 245 g/mol. The average Bonchev–Trinajstić information content (AvgIpc) is 2.26. The van der Waals surface area contributed by atoms with Crippen molar-refractivity contribution in [1.29, 1.82) is 0 Å². The summed E-state index contributed by atoms with van der Waals surface area (Å²) in [6.45, 7) is 4.18. The summed E-state index contributed by atoms with van der Waals surface area (Å²) in [7, 11) is 1.80. The van der Waals surface area contributed by atoms with Gasteiger partial charge in [-0.25, -0.2) is 18.8 Å². The van der Waals surface area contributed by atoms with Crippen molar-refractivity contribution in [2.45, 2.75) is 20.3 Å². The second-order valence-electron chi connectivity index (χ2n) is 3.59. The Hall–Kier alpha value is -1.59. The summed E-state index contributed by atoms with van der Waals surface area (Å²) in [5.41, 5.74) is -0.184. The lowest BCUT2D eigenvalue weighted by Gasteiger charge is -2.09. The van der Waals surface area contributed by atoms with Gasteiger partial charge in [-0.1, -0.05) is 0 Å². The number of aliphatic imine (C=N–C) groups is 1. The smallest absolute Gasteiger partial charge is 0.268 e. The molecule has 6 heteroatoms. The number of aromatic nitrogens is 1. The Balaban J connectivity index is 3.08. The highest BCUT2D eigenvalue weighted by atomic mass is 19.3. The predicted molar refractivity (Wildman–Crippen MR) is 60.3 cm³/mol. The highest BCUT2D eigenvalue weighted by molar-refractivity contribution is 5.62. The molecule has 0 atom stereocenters. The third-order valence-electron chi connectivity index (χ3n) is 2.29. The van der Waals surface area contributed by atoms with E-state index >= 15 is 0 Å². The van der Waals surface area contributed by atoms with Crippen molar-refractivity contribution in [2.24, 2.45) is 4.99 Å². The molecular formula is C11H14F3N3. The van der Waals surface area contributed by atoms with Crippen LogP contribution >= 0.6 is 0 Å². The van der Waals surface area contributed by atoms with Crippen molar-refractivity contribution in [2.75, 3.05) is 13.6 Å². The first kappa shape index (κ1) is 13.5. The second-order valence-corrected chi connectivity index (χ2v) is 3.59. The summed E-state index contributed by atoms with van der Waals surface area (Å²) in [6, 6.07) is 1.03. The fourth-order valence-electron chi connectivity index (χ4n) is 1.11. The number of hydrogen-bond acceptors (Lipinski definition) is 2. The molecule has 0 aromatic carbocycles. The van der Waals surface area contributed by atoms with Crippen LogP contribution in [-0.4, -0.2) is 29.8 Å². The average molecular weight is 245 g/mol. The van der Waals surface area contributed by atoms with E-state index in [1.165, 1.54) is 13.3 Å². The zero-order chi connectivity index (χ0) is 13.0. The molecule has 0 saturated carbocycles. The van der Waals surface area contributed by atoms with Gasteiger partial charge in [-0.3, -0.25) is 0 Å². The topological polar surface area (TPSA) is 28.5 Å². The number of rotatable bonds is 4. The van der Waals surface area contributed by atoms with Gasteiger partial charge in [0.1, 0.15) is 0 Å². The highest BCUT2D eigenvalue weighted by Gasteiger charge is 2.16. The first-order valence-corrected chi connectivity index (χ1v) is 5.15. The van der Waals surface area contributed by atoms with Gasteiger partial charge in [0.2, 0.25) is 5.95 Å². The molecule has 0 radical (unpaired) electrons. The van der Waals surface area contributed by atoms with Gasteiger partial charge in [0.15, 0.2) is 0 Å². The molecule has 0 aliphatic heterocycles. The number of halogens is 3. The van der Waals surface area contributed by atoms with Crippen LogP contribution in [0.2, 0.25) is 0 Å². The third kappa shape index (κ3) is 3.44. The van der Waals surface area contributed by atoms with Crippen molar-refractivity contribution in [3.05, 3.63) is 23.3 Å². The fourth-order valence-corrected chi connectivity index (χ4v) is 1.11. The Morgan fingerprint density at radius 1 is 1.53 bits per heavy atom. The normalized spacial score (nSPS) is 11.5. The summed E-state index contributed by atoms with van der Waals surface area (Å²) in [6.07, 6.45) is -1.39. The van der Waals surface area contributed by atoms with Gasteiger partial charge in [0, 0.05) is 13.6 Å². The molecule has 3 nitrogen and oxygen atoms in total. The Kier molecular flexibility index (Phi) is 4.48. The van der Waals surface area contributed by atoms with E-state index in [-0.39, 0.29) is 11.4 Å². The van der Waals surface area contributed by atoms with E-state index in [4.69, 9.17) is 0 Å². The third-order valence-corrected chi connectivity index (χ3v) is 2.29. The zero-order valence-electron chi connectivity index (χ0n) is 9.91. The van der Waals surface area contributed by atoms with Crippen LogP contribution in [-0.2, 0) is 0 Å². The number of pyridine rings is 1. The van der Waals surface area contributed by atoms with Crippen molar-refractivity contribution in [3.8, 4) is 0 Å². The first-order chi connectivity index (χ1) is 7.95. The van der Waals surface area contributed by atoms with E-state index in [0.29, 0.717) is 0 Å². The number of aryl methyl sites for hydroxylation is 1. The lowest BCUT2D eigenvalue weighted by Crippen LogP contribution is -2.14. The molecule has 0 aliphatic carbocycles. The molecule has 0 bridgehead atoms. The van der Waals surface area contributed by atoms with Gasteiger partial charge >= 0.3 is 0 Å². The minimum atomic E-state index is -2.89. The summed E-state index contributed by atoms with van der Waals surface area (Å²) in [4.78, 5) is 9.19. The molecule has 0 aliphatic rings. The van der Waals surface area contributed by atoms with Crippen LogP contribution in [0.25, 0.3) is 0 Å². The summed E-state index contributed by atoms with van der Waals surface area (Å²) < 4.78 is 38.0. The van der Waals surface area contributed by atoms with Crippen LogP contribution in [0.4, 0.5) is 18.9 Å². The van der Waals surface area contributed by atoms with E-state index in [9.17, 15) is 13.2 Å². The molecule has 94 valence electrons. The van der Waals surface area contributed by atoms with Crippen LogP contribution in [0, 0.1) is 12.9 Å². The maximum atomic E-state index is 13.1. The Morgan fingerprint density at radius 3 is 2.71 bits per heavy atom. The van der Waals surface area contributed by atoms with E-state index in [2.05, 4.69) is 9.98 Å². The molecule has 0 saturated heterocycles. The minimum absolute atomic E-state index is 0.252. The molecule has 0 spiro atoms. The highest BCUT2D eigenvalue weighted by Crippen LogP contribution is 2.27. The van der Waals surface area contributed by atoms with Crippen LogP contribution in [0.1, 0.15) is 24.6 Å². The molecular weight excluding hydrogens is 231 g/mol. The largest absolute Gasteiger partial charge is 0.366 e. The molecule has 0 unspecified atom stereocenters. The molecule has 0 amide bonds. The van der Waals surface area contributed by atoms with Crippen LogP contribution in [0.3, 0.4) is 0 Å². The van der Waals surface area contributed by atoms with Crippen LogP contribution in [0.5, 0.6) is 0 Å². The lowest BCUT2D eigenvalue weighted by molar-refractivity contribution is 0.145. The summed E-state index contributed by atoms with van der Waals surface area (Å²) in [5.74, 6) is -1.14. The Labute approximate surface area is 98.0 Å². The maximum absolute atomic E-state index is 13.1. The van der Waals surface area contributed by atoms with Gasteiger partial charge in [-0.05, 0) is 19.9 Å². The standard InChI is InChI=1S/C11H14F3N3/c1-4-17(3)6-15-9-5-8(10(12)13)11(14)16-7(9)2/h5-6,10H,4H2,1-3H3/b15-6+. The van der Waals surface area contributed by atoms with Crippen molar-refractivity contribution in [1.82, 2.24) is 9.88 Å². The maximum Gasteiger partial charge on any atom is 0.268 e. The van der Waals surface area contributed by atoms with E-state index in [1.54, 1.807) is 11.9 Å². The van der Waals surface area contributed by atoms with Gasteiger partial charge in [0.25, 0.3) is 6.43 Å². The molecule has 1 aromatic rings. The fraction of sp³-hybridized carbons (Fsp3) is 0.455. The van der Waals surface area contributed by atoms with Gasteiger partial charge < -0.3 is 4.90 Å². The van der Waals surface area contributed by atoms with Crippen LogP contribution in [0.15, 0.2) is 11.1 Å². The van der Waals surface area contributed by atoms with Gasteiger partial charge in [-0.2, -0.15) is 4.39 Å². The number of alkyl halides is 2. The molecule has 0 fully saturated rings. The number of hydrogen-bond donors (Lipinski definition) is 0. The van der Waals surface area contributed by atoms with E-state index < -0.39 is 17.9 Å². The van der Waals surface area contributed by atoms with Crippen molar-refractivity contribution < 1.29 is 13.2 Å². The molecule has 1 aromatic heterocycles. The molecule has 0 N–H and O–H groups in total. The van der Waals surface area contributed by atoms with E-state index in [1.807, 2.05) is 6.92 Å². The number of nitrogens with zero attached hydrogens (tertiary/aromatic N) is 3. The first-order valence-electron chi connectivity index (χ1n) is 5.15. The summed E-state index contributed by atoms with van der Waals surface area (Å²) >= 11 is 0. The van der Waals surface area contributed by atoms with Crippen LogP contribution < -0.4 is 0 Å². The van der Waals surface area contributed by atoms with Gasteiger partial charge in [0.05, 0.1) is 23.3 Å². The zero-order valence-corrected chi connectivity index (χ0v) is 9.91. The Morgan fingerprint density at radius 2 is 2.18 bits per heavy atom. The molecule has 1 heterocycles. The molecule has 1 rings (SSSR count). The predicted octanol–water partition coefficient (Wildman–Crippen LogP) is 3.08. The summed E-state index contributed by atoms with van der Waals surface area (Å²) in [5, 5.41) is 0. The van der Waals surface area contributed by atoms with Gasteiger partial charge in [-0.15, -0.1) is 0 Å². The second kappa shape index (κ2) is 5.65. The molecule has 17 heavy (non-hydrogen) atoms. The Bertz CT molecular complexity index is 419. The van der Waals surface area contributed by atoms with Crippen molar-refractivity contribution >= 4 is 12.0 Å². The SMILES string of the molecule is CCN(C)/C=N/c1cc(C(F)F)c(F)nc1C. The minimum Gasteiger partial charge on any atom is -0.366 e.